The maximum Gasteiger partial charge on any atom is 0.328 e. The lowest BCUT2D eigenvalue weighted by Gasteiger charge is -2.16. The fraction of sp³-hybridized carbons (Fsp3) is 0.583. The maximum atomic E-state index is 11.5. The SMILES string of the molecule is CC(=O)O.CC(O)C(NC(=O)NCc1nc(C(N)CO)no1)C(=O)O. The van der Waals surface area contributed by atoms with Gasteiger partial charge in [0.15, 0.2) is 11.9 Å². The monoisotopic (exact) mass is 363 g/mol. The van der Waals surface area contributed by atoms with Crippen LogP contribution in [0, 0.1) is 0 Å². The Balaban J connectivity index is 0.00000129. The van der Waals surface area contributed by atoms with Crippen LogP contribution in [0.25, 0.3) is 0 Å². The van der Waals surface area contributed by atoms with Crippen molar-refractivity contribution in [1.29, 1.82) is 0 Å². The van der Waals surface area contributed by atoms with Gasteiger partial charge in [-0.2, -0.15) is 4.98 Å². The summed E-state index contributed by atoms with van der Waals surface area (Å²) in [6, 6.07) is -3.05. The van der Waals surface area contributed by atoms with Gasteiger partial charge in [0.2, 0.25) is 5.89 Å². The molecule has 0 radical (unpaired) electrons. The van der Waals surface area contributed by atoms with E-state index < -0.39 is 36.2 Å². The van der Waals surface area contributed by atoms with Crippen molar-refractivity contribution in [3.8, 4) is 0 Å². The zero-order valence-electron chi connectivity index (χ0n) is 13.5. The number of carbonyl (C=O) groups is 3. The number of nitrogens with two attached hydrogens (primary N) is 1. The molecule has 0 bridgehead atoms. The van der Waals surface area contributed by atoms with Crippen LogP contribution in [0.5, 0.6) is 0 Å². The summed E-state index contributed by atoms with van der Waals surface area (Å²) in [5.74, 6) is -2.08. The molecule has 0 saturated heterocycles. The third kappa shape index (κ3) is 9.19. The second-order valence-corrected chi connectivity index (χ2v) is 4.74. The van der Waals surface area contributed by atoms with Crippen molar-refractivity contribution in [2.75, 3.05) is 6.61 Å². The minimum atomic E-state index is -1.44. The van der Waals surface area contributed by atoms with Gasteiger partial charge >= 0.3 is 12.0 Å². The summed E-state index contributed by atoms with van der Waals surface area (Å²) in [5.41, 5.74) is 5.47. The molecule has 25 heavy (non-hydrogen) atoms. The molecule has 0 aliphatic heterocycles. The number of hydrogen-bond acceptors (Lipinski definition) is 9. The van der Waals surface area contributed by atoms with Crippen LogP contribution < -0.4 is 16.4 Å². The molecule has 0 aliphatic rings. The normalized spacial score (nSPS) is 13.6. The molecule has 2 amide bonds. The van der Waals surface area contributed by atoms with Crippen molar-refractivity contribution < 1.29 is 39.3 Å². The van der Waals surface area contributed by atoms with Crippen LogP contribution in [-0.4, -0.2) is 67.3 Å². The quantitative estimate of drug-likeness (QED) is 0.275. The number of rotatable bonds is 7. The van der Waals surface area contributed by atoms with Crippen molar-refractivity contribution in [1.82, 2.24) is 20.8 Å². The van der Waals surface area contributed by atoms with Crippen LogP contribution in [0.2, 0.25) is 0 Å². The summed E-state index contributed by atoms with van der Waals surface area (Å²) in [4.78, 5) is 35.1. The van der Waals surface area contributed by atoms with Gasteiger partial charge in [0.25, 0.3) is 5.97 Å². The van der Waals surface area contributed by atoms with E-state index in [0.29, 0.717) is 0 Å². The predicted molar refractivity (Wildman–Crippen MR) is 80.1 cm³/mol. The smallest absolute Gasteiger partial charge is 0.328 e. The Labute approximate surface area is 141 Å². The van der Waals surface area contributed by atoms with Crippen molar-refractivity contribution in [2.24, 2.45) is 5.73 Å². The van der Waals surface area contributed by atoms with Gasteiger partial charge in [-0.25, -0.2) is 9.59 Å². The average Bonchev–Trinajstić information content (AvgIpc) is 2.97. The Morgan fingerprint density at radius 1 is 1.32 bits per heavy atom. The minimum absolute atomic E-state index is 0.0352. The van der Waals surface area contributed by atoms with E-state index in [1.807, 2.05) is 0 Å². The largest absolute Gasteiger partial charge is 0.481 e. The van der Waals surface area contributed by atoms with Crippen LogP contribution in [0.4, 0.5) is 4.79 Å². The highest BCUT2D eigenvalue weighted by Crippen LogP contribution is 2.04. The minimum Gasteiger partial charge on any atom is -0.481 e. The average molecular weight is 363 g/mol. The number of urea groups is 1. The van der Waals surface area contributed by atoms with E-state index >= 15 is 0 Å². The van der Waals surface area contributed by atoms with Crippen molar-refractivity contribution in [3.05, 3.63) is 11.7 Å². The molecule has 1 rings (SSSR count). The topological polar surface area (TPSA) is 221 Å². The first-order valence-corrected chi connectivity index (χ1v) is 6.92. The number of aliphatic carboxylic acids is 2. The number of nitrogens with zero attached hydrogens (tertiary/aromatic N) is 2. The molecular formula is C12H21N5O8. The molecule has 3 unspecified atom stereocenters. The standard InChI is InChI=1S/C10H17N5O6.C2H4O2/c1-4(17)7(9(18)19)14-10(20)12-2-6-13-8(15-21-6)5(11)3-16;1-2(3)4/h4-5,7,16-17H,2-3,11H2,1H3,(H,18,19)(H2,12,14,20);1H3,(H,3,4). The first-order valence-electron chi connectivity index (χ1n) is 6.92. The predicted octanol–water partition coefficient (Wildman–Crippen LogP) is -2.21. The molecule has 142 valence electrons. The van der Waals surface area contributed by atoms with Gasteiger partial charge in [-0.15, -0.1) is 0 Å². The number of carboxylic acids is 2. The molecule has 3 atom stereocenters. The first-order chi connectivity index (χ1) is 11.6. The van der Waals surface area contributed by atoms with Crippen LogP contribution in [-0.2, 0) is 16.1 Å². The van der Waals surface area contributed by atoms with Gasteiger partial charge in [0.05, 0.1) is 25.3 Å². The number of aromatic nitrogens is 2. The molecular weight excluding hydrogens is 342 g/mol. The molecule has 8 N–H and O–H groups in total. The molecule has 1 aromatic rings. The van der Waals surface area contributed by atoms with Crippen LogP contribution in [0.1, 0.15) is 31.6 Å². The zero-order valence-corrected chi connectivity index (χ0v) is 13.5. The molecule has 0 saturated carbocycles. The van der Waals surface area contributed by atoms with E-state index in [9.17, 15) is 14.7 Å². The lowest BCUT2D eigenvalue weighted by atomic mass is 10.2. The Morgan fingerprint density at radius 2 is 1.88 bits per heavy atom. The highest BCUT2D eigenvalue weighted by molar-refractivity contribution is 5.82. The molecule has 13 heteroatoms. The fourth-order valence-corrected chi connectivity index (χ4v) is 1.31. The van der Waals surface area contributed by atoms with E-state index in [0.717, 1.165) is 6.92 Å². The second-order valence-electron chi connectivity index (χ2n) is 4.74. The Hall–Kier alpha value is -2.77. The summed E-state index contributed by atoms with van der Waals surface area (Å²) in [5, 5.41) is 42.1. The van der Waals surface area contributed by atoms with Crippen molar-refractivity contribution >= 4 is 18.0 Å². The number of nitrogens with one attached hydrogen (secondary N) is 2. The van der Waals surface area contributed by atoms with Gasteiger partial charge in [-0.05, 0) is 6.92 Å². The van der Waals surface area contributed by atoms with Gasteiger partial charge in [-0.1, -0.05) is 5.16 Å². The fourth-order valence-electron chi connectivity index (χ4n) is 1.31. The molecule has 1 heterocycles. The van der Waals surface area contributed by atoms with Gasteiger partial charge in [0.1, 0.15) is 0 Å². The summed E-state index contributed by atoms with van der Waals surface area (Å²) in [6.07, 6.45) is -1.26. The highest BCUT2D eigenvalue weighted by Gasteiger charge is 2.25. The molecule has 0 aromatic carbocycles. The summed E-state index contributed by atoms with van der Waals surface area (Å²) < 4.78 is 4.78. The van der Waals surface area contributed by atoms with Crippen LogP contribution in [0.15, 0.2) is 4.52 Å². The summed E-state index contributed by atoms with van der Waals surface area (Å²) in [6.45, 7) is 1.80. The van der Waals surface area contributed by atoms with Crippen molar-refractivity contribution in [3.63, 3.8) is 0 Å². The zero-order chi connectivity index (χ0) is 19.6. The second kappa shape index (κ2) is 10.9. The summed E-state index contributed by atoms with van der Waals surface area (Å²) in [7, 11) is 0. The Kier molecular flexibility index (Phi) is 9.69. The van der Waals surface area contributed by atoms with Gasteiger partial charge in [-0.3, -0.25) is 4.79 Å². The van der Waals surface area contributed by atoms with E-state index in [1.54, 1.807) is 0 Å². The Morgan fingerprint density at radius 3 is 2.32 bits per heavy atom. The van der Waals surface area contributed by atoms with Crippen LogP contribution >= 0.6 is 0 Å². The van der Waals surface area contributed by atoms with E-state index in [1.165, 1.54) is 6.92 Å². The molecule has 1 aromatic heterocycles. The lowest BCUT2D eigenvalue weighted by Crippen LogP contribution is -2.51. The van der Waals surface area contributed by atoms with Gasteiger partial charge in [0, 0.05) is 6.92 Å². The number of carboxylic acid groups (broad SMARTS) is 2. The molecule has 13 nitrogen and oxygen atoms in total. The highest BCUT2D eigenvalue weighted by atomic mass is 16.5. The lowest BCUT2D eigenvalue weighted by molar-refractivity contribution is -0.141. The number of aliphatic hydroxyl groups is 2. The number of amides is 2. The Bertz CT molecular complexity index is 572. The van der Waals surface area contributed by atoms with E-state index in [4.69, 9.17) is 30.4 Å². The van der Waals surface area contributed by atoms with E-state index in [2.05, 4.69) is 20.8 Å². The van der Waals surface area contributed by atoms with Crippen LogP contribution in [0.3, 0.4) is 0 Å². The first kappa shape index (κ1) is 22.2. The number of carbonyl (C=O) groups excluding carboxylic acids is 1. The van der Waals surface area contributed by atoms with E-state index in [-0.39, 0.29) is 24.9 Å². The third-order valence-electron chi connectivity index (χ3n) is 2.45. The maximum absolute atomic E-state index is 11.5. The molecule has 0 spiro atoms. The third-order valence-corrected chi connectivity index (χ3v) is 2.45. The molecule has 0 fully saturated rings. The van der Waals surface area contributed by atoms with Crippen molar-refractivity contribution in [2.45, 2.75) is 38.6 Å². The molecule has 0 aliphatic carbocycles. The van der Waals surface area contributed by atoms with Gasteiger partial charge < -0.3 is 41.3 Å². The number of aliphatic hydroxyl groups excluding tert-OH is 2. The summed E-state index contributed by atoms with van der Waals surface area (Å²) >= 11 is 0. The number of hydrogen-bond donors (Lipinski definition) is 7.